The number of para-hydroxylation sites is 1. The molecule has 6 heteroatoms. The van der Waals surface area contributed by atoms with Gasteiger partial charge in [-0.3, -0.25) is 9.69 Å². The summed E-state index contributed by atoms with van der Waals surface area (Å²) in [7, 11) is 2.16. The number of hydrogen-bond donors (Lipinski definition) is 0. The minimum Gasteiger partial charge on any atom is -0.368 e. The normalized spacial score (nSPS) is 21.2. The third-order valence-corrected chi connectivity index (χ3v) is 6.91. The number of hydrogen-bond acceptors (Lipinski definition) is 4. The summed E-state index contributed by atoms with van der Waals surface area (Å²) in [5.74, 6) is 0.0375. The van der Waals surface area contributed by atoms with Crippen LogP contribution in [0.2, 0.25) is 5.02 Å². The van der Waals surface area contributed by atoms with Gasteiger partial charge in [0.15, 0.2) is 0 Å². The second-order valence-corrected chi connectivity index (χ2v) is 10.1. The molecule has 0 unspecified atom stereocenters. The first-order valence-corrected chi connectivity index (χ1v) is 11.1. The average molecular weight is 428 g/mol. The molecule has 0 radical (unpaired) electrons. The molecule has 0 spiro atoms. The van der Waals surface area contributed by atoms with Gasteiger partial charge in [0.05, 0.1) is 9.78 Å². The third kappa shape index (κ3) is 4.18. The zero-order valence-corrected chi connectivity index (χ0v) is 18.6. The number of rotatable bonds is 3. The summed E-state index contributed by atoms with van der Waals surface area (Å²) < 4.78 is 0. The number of carbonyl (C=O) groups excluding carboxylic acids is 1. The highest BCUT2D eigenvalue weighted by atomic mass is 35.5. The van der Waals surface area contributed by atoms with Crippen molar-refractivity contribution in [2.24, 2.45) is 0 Å². The van der Waals surface area contributed by atoms with Gasteiger partial charge in [0.25, 0.3) is 5.91 Å². The van der Waals surface area contributed by atoms with Crippen molar-refractivity contribution < 1.29 is 4.79 Å². The number of nitrogens with zero attached hydrogens (tertiary/aromatic N) is 3. The van der Waals surface area contributed by atoms with Crippen LogP contribution in [0.5, 0.6) is 0 Å². The van der Waals surface area contributed by atoms with Crippen LogP contribution in [0.3, 0.4) is 0 Å². The van der Waals surface area contributed by atoms with Crippen molar-refractivity contribution in [1.82, 2.24) is 4.90 Å². The van der Waals surface area contributed by atoms with Gasteiger partial charge in [0, 0.05) is 42.6 Å². The second-order valence-electron chi connectivity index (χ2n) is 8.02. The van der Waals surface area contributed by atoms with Crippen LogP contribution in [0, 0.1) is 0 Å². The van der Waals surface area contributed by atoms with E-state index in [4.69, 9.17) is 11.6 Å². The molecule has 2 saturated heterocycles. The SMILES string of the molecule is CN1CCN(c2ccccc2C=C2SC(C)(C)N(c3ccc(Cl)cc3)C2=O)CC1. The summed E-state index contributed by atoms with van der Waals surface area (Å²) >= 11 is 7.65. The third-order valence-electron chi connectivity index (χ3n) is 5.46. The second kappa shape index (κ2) is 8.05. The van der Waals surface area contributed by atoms with E-state index in [0.29, 0.717) is 5.02 Å². The molecule has 0 N–H and O–H groups in total. The largest absolute Gasteiger partial charge is 0.368 e. The monoisotopic (exact) mass is 427 g/mol. The maximum Gasteiger partial charge on any atom is 0.265 e. The van der Waals surface area contributed by atoms with Crippen molar-refractivity contribution in [3.8, 4) is 0 Å². The van der Waals surface area contributed by atoms with Gasteiger partial charge in [-0.1, -0.05) is 41.6 Å². The van der Waals surface area contributed by atoms with Crippen molar-refractivity contribution in [3.05, 3.63) is 64.0 Å². The molecule has 2 fully saturated rings. The standard InChI is InChI=1S/C23H26ClN3OS/c1-23(2)27(19-10-8-18(24)9-11-19)22(28)21(29-23)16-17-6-4-5-7-20(17)26-14-12-25(3)13-15-26/h4-11,16H,12-15H2,1-3H3. The Bertz CT molecular complexity index is 933. The molecule has 0 aromatic heterocycles. The molecular weight excluding hydrogens is 402 g/mol. The predicted octanol–water partition coefficient (Wildman–Crippen LogP) is 4.95. The molecule has 0 saturated carbocycles. The van der Waals surface area contributed by atoms with Crippen molar-refractivity contribution in [2.45, 2.75) is 18.7 Å². The van der Waals surface area contributed by atoms with E-state index in [1.165, 1.54) is 5.69 Å². The van der Waals surface area contributed by atoms with Crippen LogP contribution in [0.4, 0.5) is 11.4 Å². The van der Waals surface area contributed by atoms with Gasteiger partial charge >= 0.3 is 0 Å². The summed E-state index contributed by atoms with van der Waals surface area (Å²) in [5.41, 5.74) is 3.17. The van der Waals surface area contributed by atoms with Crippen LogP contribution in [0.25, 0.3) is 6.08 Å². The van der Waals surface area contributed by atoms with Gasteiger partial charge in [0.1, 0.15) is 0 Å². The molecule has 4 nitrogen and oxygen atoms in total. The van der Waals surface area contributed by atoms with E-state index in [1.807, 2.05) is 35.2 Å². The molecular formula is C23H26ClN3OS. The molecule has 0 atom stereocenters. The van der Waals surface area contributed by atoms with Gasteiger partial charge in [-0.05, 0) is 62.9 Å². The van der Waals surface area contributed by atoms with Gasteiger partial charge in [-0.15, -0.1) is 0 Å². The quantitative estimate of drug-likeness (QED) is 0.647. The number of amides is 1. The highest BCUT2D eigenvalue weighted by molar-refractivity contribution is 8.06. The van der Waals surface area contributed by atoms with E-state index in [2.05, 4.69) is 55.0 Å². The highest BCUT2D eigenvalue weighted by Gasteiger charge is 2.43. The summed E-state index contributed by atoms with van der Waals surface area (Å²) in [4.78, 5) is 20.4. The number of likely N-dealkylation sites (N-methyl/N-ethyl adjacent to an activating group) is 1. The predicted molar refractivity (Wildman–Crippen MR) is 125 cm³/mol. The zero-order chi connectivity index (χ0) is 20.6. The summed E-state index contributed by atoms with van der Waals surface area (Å²) in [6.07, 6.45) is 2.05. The molecule has 4 rings (SSSR count). The van der Waals surface area contributed by atoms with E-state index in [0.717, 1.165) is 42.3 Å². The Morgan fingerprint density at radius 2 is 1.66 bits per heavy atom. The maximum atomic E-state index is 13.3. The van der Waals surface area contributed by atoms with Crippen molar-refractivity contribution >= 4 is 46.7 Å². The van der Waals surface area contributed by atoms with Gasteiger partial charge in [0.2, 0.25) is 0 Å². The fourth-order valence-electron chi connectivity index (χ4n) is 3.91. The smallest absolute Gasteiger partial charge is 0.265 e. The first-order valence-electron chi connectivity index (χ1n) is 9.88. The summed E-state index contributed by atoms with van der Waals surface area (Å²) in [6.45, 7) is 8.26. The van der Waals surface area contributed by atoms with Crippen LogP contribution in [-0.2, 0) is 4.79 Å². The molecule has 2 heterocycles. The summed E-state index contributed by atoms with van der Waals surface area (Å²) in [5, 5.41) is 0.669. The minimum atomic E-state index is -0.362. The topological polar surface area (TPSA) is 26.8 Å². The summed E-state index contributed by atoms with van der Waals surface area (Å²) in [6, 6.07) is 15.8. The van der Waals surface area contributed by atoms with E-state index in [-0.39, 0.29) is 10.8 Å². The van der Waals surface area contributed by atoms with Gasteiger partial charge < -0.3 is 9.80 Å². The first kappa shape index (κ1) is 20.3. The number of piperazine rings is 1. The van der Waals surface area contributed by atoms with Crippen LogP contribution in [0.15, 0.2) is 53.4 Å². The Morgan fingerprint density at radius 3 is 2.34 bits per heavy atom. The number of halogens is 1. The van der Waals surface area contributed by atoms with Gasteiger partial charge in [-0.25, -0.2) is 0 Å². The van der Waals surface area contributed by atoms with Crippen molar-refractivity contribution in [3.63, 3.8) is 0 Å². The molecule has 2 aliphatic heterocycles. The molecule has 2 aromatic carbocycles. The number of thioether (sulfide) groups is 1. The molecule has 2 aliphatic rings. The van der Waals surface area contributed by atoms with Crippen molar-refractivity contribution in [1.29, 1.82) is 0 Å². The highest BCUT2D eigenvalue weighted by Crippen LogP contribution is 2.47. The number of carbonyl (C=O) groups is 1. The van der Waals surface area contributed by atoms with Crippen LogP contribution < -0.4 is 9.80 Å². The Morgan fingerprint density at radius 1 is 1.00 bits per heavy atom. The average Bonchev–Trinajstić information content (AvgIpc) is 2.92. The van der Waals surface area contributed by atoms with E-state index in [9.17, 15) is 4.79 Å². The van der Waals surface area contributed by atoms with Crippen LogP contribution >= 0.6 is 23.4 Å². The fourth-order valence-corrected chi connectivity index (χ4v) is 5.22. The van der Waals surface area contributed by atoms with E-state index >= 15 is 0 Å². The van der Waals surface area contributed by atoms with E-state index in [1.54, 1.807) is 11.8 Å². The molecule has 0 bridgehead atoms. The first-order chi connectivity index (χ1) is 13.8. The van der Waals surface area contributed by atoms with Crippen LogP contribution in [0.1, 0.15) is 19.4 Å². The van der Waals surface area contributed by atoms with Crippen LogP contribution in [-0.4, -0.2) is 48.9 Å². The Hall–Kier alpha value is -1.95. The molecule has 0 aliphatic carbocycles. The fraction of sp³-hybridized carbons (Fsp3) is 0.348. The van der Waals surface area contributed by atoms with Gasteiger partial charge in [-0.2, -0.15) is 0 Å². The lowest BCUT2D eigenvalue weighted by Crippen LogP contribution is -2.44. The Balaban J connectivity index is 1.66. The Kier molecular flexibility index (Phi) is 5.65. The number of benzene rings is 2. The Labute approximate surface area is 182 Å². The zero-order valence-electron chi connectivity index (χ0n) is 17.1. The maximum absolute atomic E-state index is 13.3. The lowest BCUT2D eigenvalue weighted by Gasteiger charge is -2.34. The molecule has 1 amide bonds. The number of anilines is 2. The lowest BCUT2D eigenvalue weighted by atomic mass is 10.1. The minimum absolute atomic E-state index is 0.0375. The van der Waals surface area contributed by atoms with Crippen molar-refractivity contribution in [2.75, 3.05) is 43.0 Å². The molecule has 29 heavy (non-hydrogen) atoms. The lowest BCUT2D eigenvalue weighted by molar-refractivity contribution is -0.114. The van der Waals surface area contributed by atoms with E-state index < -0.39 is 0 Å². The molecule has 152 valence electrons. The molecule has 2 aromatic rings.